The lowest BCUT2D eigenvalue weighted by Crippen LogP contribution is -3.00. The van der Waals surface area contributed by atoms with Gasteiger partial charge in [0.15, 0.2) is 17.7 Å². The number of aryl methyl sites for hydroxylation is 1. The summed E-state index contributed by atoms with van der Waals surface area (Å²) < 4.78 is 18.5. The van der Waals surface area contributed by atoms with Crippen LogP contribution >= 0.6 is 0 Å². The average molecular weight is 332 g/mol. The highest BCUT2D eigenvalue weighted by Crippen LogP contribution is 2.40. The van der Waals surface area contributed by atoms with Crippen molar-refractivity contribution in [1.29, 1.82) is 0 Å². The Balaban J connectivity index is 0.00000156. The molecule has 0 unspecified atom stereocenters. The molecule has 0 saturated carbocycles. The van der Waals surface area contributed by atoms with Crippen LogP contribution in [0.1, 0.15) is 5.56 Å². The molecule has 1 aliphatic rings. The third-order valence-electron chi connectivity index (χ3n) is 4.23. The summed E-state index contributed by atoms with van der Waals surface area (Å²) in [5.74, 6) is 1.67. The second kappa shape index (κ2) is 6.22. The molecule has 1 aromatic heterocycles. The van der Waals surface area contributed by atoms with E-state index in [0.717, 1.165) is 29.9 Å². The standard InChI is InChI=1S/C18H18NO3.ClH/c1-19-10-15-13(4-6-17-18(15)22-11-21-17)14-9-12(7-8-20-2)3-5-16(14)19;/h3-6,9-10H,7-8,11H2,1-2H3;1H/q+1;/p-1. The Hall–Kier alpha value is -2.04. The maximum atomic E-state index is 5.66. The molecule has 0 radical (unpaired) electrons. The van der Waals surface area contributed by atoms with Gasteiger partial charge in [-0.15, -0.1) is 0 Å². The Morgan fingerprint density at radius 3 is 2.78 bits per heavy atom. The number of benzene rings is 2. The van der Waals surface area contributed by atoms with Crippen LogP contribution in [0.4, 0.5) is 0 Å². The summed E-state index contributed by atoms with van der Waals surface area (Å²) in [6.07, 6.45) is 3.02. The van der Waals surface area contributed by atoms with Crippen molar-refractivity contribution in [1.82, 2.24) is 0 Å². The van der Waals surface area contributed by atoms with Crippen molar-refractivity contribution >= 4 is 21.7 Å². The number of hydrogen-bond donors (Lipinski definition) is 0. The van der Waals surface area contributed by atoms with Gasteiger partial charge in [-0.1, -0.05) is 6.07 Å². The van der Waals surface area contributed by atoms with E-state index in [1.165, 1.54) is 21.9 Å². The molecule has 0 amide bonds. The predicted octanol–water partition coefficient (Wildman–Crippen LogP) is -0.261. The molecule has 0 fully saturated rings. The number of halogens is 1. The first kappa shape index (κ1) is 15.8. The molecule has 3 aromatic rings. The zero-order valence-corrected chi connectivity index (χ0v) is 13.9. The summed E-state index contributed by atoms with van der Waals surface area (Å²) in [6.45, 7) is 1.03. The summed E-state index contributed by atoms with van der Waals surface area (Å²) in [4.78, 5) is 0. The van der Waals surface area contributed by atoms with Gasteiger partial charge in [-0.2, -0.15) is 0 Å². The molecule has 4 rings (SSSR count). The SMILES string of the molecule is COCCc1ccc2c(c1)c1ccc3c(c1c[n+]2C)OCO3.[Cl-]. The van der Waals surface area contributed by atoms with E-state index in [4.69, 9.17) is 14.2 Å². The van der Waals surface area contributed by atoms with E-state index >= 15 is 0 Å². The van der Waals surface area contributed by atoms with Crippen molar-refractivity contribution in [3.8, 4) is 11.5 Å². The molecular formula is C18H18ClNO3. The molecule has 0 N–H and O–H groups in total. The van der Waals surface area contributed by atoms with Gasteiger partial charge in [0.1, 0.15) is 7.05 Å². The fourth-order valence-corrected chi connectivity index (χ4v) is 3.10. The fraction of sp³-hybridized carbons (Fsp3) is 0.278. The lowest BCUT2D eigenvalue weighted by Gasteiger charge is -2.07. The lowest BCUT2D eigenvalue weighted by atomic mass is 10.0. The predicted molar refractivity (Wildman–Crippen MR) is 84.3 cm³/mol. The van der Waals surface area contributed by atoms with Gasteiger partial charge in [-0.25, -0.2) is 4.57 Å². The van der Waals surface area contributed by atoms with Crippen LogP contribution in [0.5, 0.6) is 11.5 Å². The van der Waals surface area contributed by atoms with E-state index in [9.17, 15) is 0 Å². The lowest BCUT2D eigenvalue weighted by molar-refractivity contribution is -0.643. The molecule has 5 heteroatoms. The molecule has 0 spiro atoms. The zero-order chi connectivity index (χ0) is 15.1. The van der Waals surface area contributed by atoms with Gasteiger partial charge < -0.3 is 26.6 Å². The molecule has 0 bridgehead atoms. The Morgan fingerprint density at radius 2 is 1.96 bits per heavy atom. The normalized spacial score (nSPS) is 12.6. The molecule has 4 nitrogen and oxygen atoms in total. The quantitative estimate of drug-likeness (QED) is 0.489. The number of rotatable bonds is 3. The van der Waals surface area contributed by atoms with Gasteiger partial charge in [0.25, 0.3) is 0 Å². The number of ether oxygens (including phenoxy) is 3. The number of pyridine rings is 1. The minimum absolute atomic E-state index is 0. The first-order valence-electron chi connectivity index (χ1n) is 7.40. The van der Waals surface area contributed by atoms with Crippen LogP contribution in [0, 0.1) is 0 Å². The summed E-state index contributed by atoms with van der Waals surface area (Å²) >= 11 is 0. The molecule has 23 heavy (non-hydrogen) atoms. The number of fused-ring (bicyclic) bond motifs is 5. The third kappa shape index (κ3) is 2.58. The van der Waals surface area contributed by atoms with Crippen LogP contribution in [0.3, 0.4) is 0 Å². The summed E-state index contributed by atoms with van der Waals surface area (Å²) in [7, 11) is 3.79. The molecule has 0 atom stereocenters. The van der Waals surface area contributed by atoms with Gasteiger partial charge >= 0.3 is 0 Å². The molecule has 2 aromatic carbocycles. The molecule has 120 valence electrons. The number of hydrogen-bond acceptors (Lipinski definition) is 3. The monoisotopic (exact) mass is 331 g/mol. The largest absolute Gasteiger partial charge is 1.00 e. The first-order chi connectivity index (χ1) is 10.8. The van der Waals surface area contributed by atoms with Crippen molar-refractivity contribution < 1.29 is 31.2 Å². The van der Waals surface area contributed by atoms with Gasteiger partial charge in [-0.3, -0.25) is 0 Å². The molecule has 2 heterocycles. The van der Waals surface area contributed by atoms with Gasteiger partial charge in [0.2, 0.25) is 12.3 Å². The van der Waals surface area contributed by atoms with Crippen LogP contribution in [0.2, 0.25) is 0 Å². The summed E-state index contributed by atoms with van der Waals surface area (Å²) in [6, 6.07) is 10.7. The number of aromatic nitrogens is 1. The maximum Gasteiger partial charge on any atom is 0.231 e. The summed E-state index contributed by atoms with van der Waals surface area (Å²) in [5.41, 5.74) is 2.48. The fourth-order valence-electron chi connectivity index (χ4n) is 3.10. The highest BCUT2D eigenvalue weighted by Gasteiger charge is 2.21. The summed E-state index contributed by atoms with van der Waals surface area (Å²) in [5, 5.41) is 3.51. The van der Waals surface area contributed by atoms with Crippen LogP contribution in [0.15, 0.2) is 36.5 Å². The Labute approximate surface area is 141 Å². The van der Waals surface area contributed by atoms with Gasteiger partial charge in [-0.05, 0) is 30.2 Å². The highest BCUT2D eigenvalue weighted by molar-refractivity contribution is 6.07. The molecule has 0 saturated heterocycles. The van der Waals surface area contributed by atoms with E-state index in [1.807, 2.05) is 6.07 Å². The second-order valence-electron chi connectivity index (χ2n) is 5.59. The Morgan fingerprint density at radius 1 is 1.09 bits per heavy atom. The van der Waals surface area contributed by atoms with Crippen molar-refractivity contribution in [3.05, 3.63) is 42.1 Å². The van der Waals surface area contributed by atoms with Crippen molar-refractivity contribution in [2.75, 3.05) is 20.5 Å². The second-order valence-corrected chi connectivity index (χ2v) is 5.59. The third-order valence-corrected chi connectivity index (χ3v) is 4.23. The van der Waals surface area contributed by atoms with Gasteiger partial charge in [0.05, 0.1) is 17.4 Å². The zero-order valence-electron chi connectivity index (χ0n) is 13.1. The van der Waals surface area contributed by atoms with E-state index in [-0.39, 0.29) is 12.4 Å². The van der Waals surface area contributed by atoms with Crippen LogP contribution < -0.4 is 26.4 Å². The molecular weight excluding hydrogens is 314 g/mol. The topological polar surface area (TPSA) is 31.6 Å². The smallest absolute Gasteiger partial charge is 0.231 e. The maximum absolute atomic E-state index is 5.66. The van der Waals surface area contributed by atoms with Crippen molar-refractivity contribution in [2.45, 2.75) is 6.42 Å². The van der Waals surface area contributed by atoms with Crippen molar-refractivity contribution in [2.24, 2.45) is 7.05 Å². The van der Waals surface area contributed by atoms with Gasteiger partial charge in [0, 0.05) is 18.6 Å². The van der Waals surface area contributed by atoms with E-state index in [2.05, 4.69) is 42.1 Å². The van der Waals surface area contributed by atoms with Crippen LogP contribution in [-0.4, -0.2) is 20.5 Å². The van der Waals surface area contributed by atoms with E-state index in [0.29, 0.717) is 6.79 Å². The first-order valence-corrected chi connectivity index (χ1v) is 7.40. The number of nitrogens with zero attached hydrogens (tertiary/aromatic N) is 1. The van der Waals surface area contributed by atoms with Crippen LogP contribution in [-0.2, 0) is 18.2 Å². The molecule has 0 aliphatic carbocycles. The van der Waals surface area contributed by atoms with E-state index in [1.54, 1.807) is 7.11 Å². The molecule has 1 aliphatic heterocycles. The number of methoxy groups -OCH3 is 1. The Kier molecular flexibility index (Phi) is 4.28. The highest BCUT2D eigenvalue weighted by atomic mass is 35.5. The van der Waals surface area contributed by atoms with Crippen LogP contribution in [0.25, 0.3) is 21.7 Å². The minimum atomic E-state index is 0. The van der Waals surface area contributed by atoms with E-state index < -0.39 is 0 Å². The van der Waals surface area contributed by atoms with Crippen molar-refractivity contribution in [3.63, 3.8) is 0 Å². The average Bonchev–Trinajstić information content (AvgIpc) is 3.02. The minimum Gasteiger partial charge on any atom is -1.00 e. The Bertz CT molecular complexity index is 879.